The fourth-order valence-electron chi connectivity index (χ4n) is 7.40. The molecule has 0 N–H and O–H groups in total. The molecule has 0 aromatic rings. The summed E-state index contributed by atoms with van der Waals surface area (Å²) in [7, 11) is 0. The van der Waals surface area contributed by atoms with Gasteiger partial charge in [0.25, 0.3) is 0 Å². The zero-order valence-electron chi connectivity index (χ0n) is 11.6. The van der Waals surface area contributed by atoms with Crippen LogP contribution in [0.1, 0.15) is 12.8 Å². The summed E-state index contributed by atoms with van der Waals surface area (Å²) in [5.74, 6) is -1.51. The maximum Gasteiger partial charge on any atom is 0.317 e. The van der Waals surface area contributed by atoms with Crippen molar-refractivity contribution in [1.82, 2.24) is 0 Å². The van der Waals surface area contributed by atoms with Gasteiger partial charge in [-0.15, -0.1) is 0 Å². The molecule has 0 amide bonds. The molecule has 0 radical (unpaired) electrons. The molecule has 0 aromatic heterocycles. The van der Waals surface area contributed by atoms with Crippen molar-refractivity contribution in [1.29, 1.82) is 0 Å². The minimum Gasteiger partial charge on any atom is -0.393 e. The molecule has 2 aliphatic heterocycles. The number of hydrogen-bond donors (Lipinski definition) is 0. The van der Waals surface area contributed by atoms with E-state index in [1.54, 1.807) is 0 Å². The predicted octanol–water partition coefficient (Wildman–Crippen LogP) is 0.150. The smallest absolute Gasteiger partial charge is 0.317 e. The van der Waals surface area contributed by atoms with Gasteiger partial charge in [0, 0.05) is 0 Å². The van der Waals surface area contributed by atoms with Gasteiger partial charge in [-0.1, -0.05) is 0 Å². The number of esters is 4. The Morgan fingerprint density at radius 3 is 1.09 bits per heavy atom. The second-order valence-corrected chi connectivity index (χ2v) is 7.86. The van der Waals surface area contributed by atoms with E-state index in [0.717, 1.165) is 12.8 Å². The molecule has 6 fully saturated rings. The Balaban J connectivity index is 1.46. The zero-order valence-corrected chi connectivity index (χ0v) is 11.6. The standard InChI is InChI=1S/C16H14O6/c17-13-9-3-1-4(10(9)14(18)21-13)8-6-2-5(7(3)8)11-12(6)16(20)22-15(11)19/h3-12H,1-2H2/t3-,4+,5-,6+,7?,8?,9-,10+,11-,12?/m1/s1. The quantitative estimate of drug-likeness (QED) is 0.360. The first-order valence-corrected chi connectivity index (χ1v) is 8.09. The lowest BCUT2D eigenvalue weighted by molar-refractivity contribution is -0.156. The van der Waals surface area contributed by atoms with Gasteiger partial charge in [-0.25, -0.2) is 0 Å². The molecule has 3 unspecified atom stereocenters. The van der Waals surface area contributed by atoms with Gasteiger partial charge in [0.15, 0.2) is 0 Å². The fourth-order valence-corrected chi connectivity index (χ4v) is 7.40. The Bertz CT molecular complexity index is 572. The minimum atomic E-state index is -0.370. The molecule has 4 saturated carbocycles. The lowest BCUT2D eigenvalue weighted by atomic mass is 9.59. The van der Waals surface area contributed by atoms with Gasteiger partial charge in [0.05, 0.1) is 23.7 Å². The number of fused-ring (bicyclic) bond motifs is 15. The second-order valence-electron chi connectivity index (χ2n) is 7.86. The molecule has 10 atom stereocenters. The SMILES string of the molecule is O=C1OC(=O)[C@H]2C1[C@H]1C[C@@H]2C2C1[C@@H]1C[C@H]2[C@H]2C(=O)OC(=O)[C@H]21. The van der Waals surface area contributed by atoms with Crippen molar-refractivity contribution in [2.75, 3.05) is 0 Å². The number of cyclic esters (lactones) is 4. The van der Waals surface area contributed by atoms with Crippen LogP contribution in [0, 0.1) is 59.2 Å². The molecule has 114 valence electrons. The van der Waals surface area contributed by atoms with Crippen molar-refractivity contribution >= 4 is 23.9 Å². The van der Waals surface area contributed by atoms with Crippen LogP contribution in [0.2, 0.25) is 0 Å². The highest BCUT2D eigenvalue weighted by molar-refractivity contribution is 5.99. The first kappa shape index (κ1) is 11.8. The Hall–Kier alpha value is -1.72. The van der Waals surface area contributed by atoms with Crippen molar-refractivity contribution < 1.29 is 28.7 Å². The number of ether oxygens (including phenoxy) is 2. The van der Waals surface area contributed by atoms with E-state index in [2.05, 4.69) is 0 Å². The Morgan fingerprint density at radius 1 is 0.545 bits per heavy atom. The van der Waals surface area contributed by atoms with Crippen LogP contribution < -0.4 is 0 Å². The molecule has 6 rings (SSSR count). The zero-order chi connectivity index (χ0) is 14.9. The number of carbonyl (C=O) groups excluding carboxylic acids is 4. The molecule has 2 heterocycles. The summed E-state index contributed by atoms with van der Waals surface area (Å²) in [5, 5.41) is 0. The summed E-state index contributed by atoms with van der Waals surface area (Å²) >= 11 is 0. The van der Waals surface area contributed by atoms with Gasteiger partial charge < -0.3 is 9.47 Å². The molecular formula is C16H14O6. The average Bonchev–Trinajstić information content (AvgIpc) is 3.21. The van der Waals surface area contributed by atoms with Crippen molar-refractivity contribution in [2.45, 2.75) is 12.8 Å². The molecule has 6 nitrogen and oxygen atoms in total. The van der Waals surface area contributed by atoms with Crippen LogP contribution in [0.15, 0.2) is 0 Å². The minimum absolute atomic E-state index is 0.151. The normalized spacial score (nSPS) is 59.6. The molecular weight excluding hydrogens is 288 g/mol. The van der Waals surface area contributed by atoms with Crippen LogP contribution in [-0.4, -0.2) is 23.9 Å². The highest BCUT2D eigenvalue weighted by Gasteiger charge is 2.77. The monoisotopic (exact) mass is 302 g/mol. The third-order valence-corrected chi connectivity index (χ3v) is 7.62. The first-order chi connectivity index (χ1) is 10.6. The number of hydrogen-bond acceptors (Lipinski definition) is 6. The van der Waals surface area contributed by atoms with E-state index in [1.165, 1.54) is 0 Å². The van der Waals surface area contributed by atoms with E-state index in [9.17, 15) is 19.2 Å². The highest BCUT2D eigenvalue weighted by Crippen LogP contribution is 2.74. The van der Waals surface area contributed by atoms with Crippen LogP contribution in [0.25, 0.3) is 0 Å². The summed E-state index contributed by atoms with van der Waals surface area (Å²) < 4.78 is 9.73. The van der Waals surface area contributed by atoms with E-state index in [-0.39, 0.29) is 83.1 Å². The lowest BCUT2D eigenvalue weighted by Gasteiger charge is -2.40. The maximum atomic E-state index is 12.0. The average molecular weight is 302 g/mol. The Labute approximate surface area is 125 Å². The third-order valence-electron chi connectivity index (χ3n) is 7.62. The predicted molar refractivity (Wildman–Crippen MR) is 66.3 cm³/mol. The van der Waals surface area contributed by atoms with E-state index >= 15 is 0 Å². The maximum absolute atomic E-state index is 12.0. The van der Waals surface area contributed by atoms with E-state index in [0.29, 0.717) is 0 Å². The van der Waals surface area contributed by atoms with Crippen LogP contribution in [-0.2, 0) is 28.7 Å². The summed E-state index contributed by atoms with van der Waals surface area (Å²) in [6, 6.07) is 0. The van der Waals surface area contributed by atoms with Crippen LogP contribution in [0.3, 0.4) is 0 Å². The summed E-state index contributed by atoms with van der Waals surface area (Å²) in [4.78, 5) is 48.0. The Kier molecular flexibility index (Phi) is 1.76. The van der Waals surface area contributed by atoms with Gasteiger partial charge in [0.1, 0.15) is 0 Å². The topological polar surface area (TPSA) is 86.7 Å². The molecule has 4 aliphatic carbocycles. The van der Waals surface area contributed by atoms with Crippen molar-refractivity contribution in [3.8, 4) is 0 Å². The summed E-state index contributed by atoms with van der Waals surface area (Å²) in [5.41, 5.74) is 0. The number of rotatable bonds is 0. The third kappa shape index (κ3) is 0.989. The van der Waals surface area contributed by atoms with E-state index in [1.807, 2.05) is 0 Å². The molecule has 2 saturated heterocycles. The molecule has 6 heteroatoms. The molecule has 6 aliphatic rings. The van der Waals surface area contributed by atoms with Crippen molar-refractivity contribution in [3.05, 3.63) is 0 Å². The molecule has 0 spiro atoms. The summed E-state index contributed by atoms with van der Waals surface area (Å²) in [6.07, 6.45) is 1.75. The Morgan fingerprint density at radius 2 is 0.818 bits per heavy atom. The fraction of sp³-hybridized carbons (Fsp3) is 0.750. The van der Waals surface area contributed by atoms with Gasteiger partial charge in [0.2, 0.25) is 0 Å². The highest BCUT2D eigenvalue weighted by atomic mass is 16.6. The van der Waals surface area contributed by atoms with Gasteiger partial charge in [-0.05, 0) is 48.3 Å². The van der Waals surface area contributed by atoms with Crippen molar-refractivity contribution in [2.24, 2.45) is 59.2 Å². The molecule has 22 heavy (non-hydrogen) atoms. The lowest BCUT2D eigenvalue weighted by Crippen LogP contribution is -2.45. The number of carbonyl (C=O) groups is 4. The second kappa shape index (κ2) is 3.29. The molecule has 4 bridgehead atoms. The van der Waals surface area contributed by atoms with E-state index < -0.39 is 0 Å². The van der Waals surface area contributed by atoms with Gasteiger partial charge in [-0.3, -0.25) is 19.2 Å². The van der Waals surface area contributed by atoms with E-state index in [4.69, 9.17) is 9.47 Å². The van der Waals surface area contributed by atoms with Crippen LogP contribution in [0.4, 0.5) is 0 Å². The van der Waals surface area contributed by atoms with Gasteiger partial charge >= 0.3 is 23.9 Å². The van der Waals surface area contributed by atoms with Crippen molar-refractivity contribution in [3.63, 3.8) is 0 Å². The van der Waals surface area contributed by atoms with Crippen LogP contribution in [0.5, 0.6) is 0 Å². The first-order valence-electron chi connectivity index (χ1n) is 8.09. The molecule has 0 aromatic carbocycles. The largest absolute Gasteiger partial charge is 0.393 e. The summed E-state index contributed by atoms with van der Waals surface area (Å²) in [6.45, 7) is 0. The van der Waals surface area contributed by atoms with Crippen LogP contribution >= 0.6 is 0 Å². The van der Waals surface area contributed by atoms with Gasteiger partial charge in [-0.2, -0.15) is 0 Å².